The van der Waals surface area contributed by atoms with Crippen LogP contribution in [0.15, 0.2) is 40.9 Å². The van der Waals surface area contributed by atoms with Gasteiger partial charge in [-0.1, -0.05) is 18.2 Å². The van der Waals surface area contributed by atoms with Crippen LogP contribution in [0.25, 0.3) is 0 Å². The van der Waals surface area contributed by atoms with Crippen molar-refractivity contribution in [1.29, 1.82) is 0 Å². The third-order valence-corrected chi connectivity index (χ3v) is 3.30. The largest absolute Gasteiger partial charge is 0.508 e. The van der Waals surface area contributed by atoms with Gasteiger partial charge in [-0.15, -0.1) is 0 Å². The molecule has 0 fully saturated rings. The van der Waals surface area contributed by atoms with E-state index in [2.05, 4.69) is 21.2 Å². The molecule has 104 valence electrons. The molecule has 0 aliphatic heterocycles. The first-order valence-corrected chi connectivity index (χ1v) is 6.42. The number of halogens is 2. The maximum absolute atomic E-state index is 13.5. The first-order chi connectivity index (χ1) is 9.49. The van der Waals surface area contributed by atoms with E-state index in [4.69, 9.17) is 0 Å². The van der Waals surface area contributed by atoms with Crippen molar-refractivity contribution in [3.63, 3.8) is 0 Å². The number of anilines is 1. The van der Waals surface area contributed by atoms with E-state index in [9.17, 15) is 19.6 Å². The van der Waals surface area contributed by atoms with E-state index in [-0.39, 0.29) is 28.1 Å². The predicted octanol–water partition coefficient (Wildman–Crippen LogP) is 3.81. The highest BCUT2D eigenvalue weighted by Gasteiger charge is 2.17. The van der Waals surface area contributed by atoms with E-state index in [1.807, 2.05) is 0 Å². The van der Waals surface area contributed by atoms with E-state index < -0.39 is 10.7 Å². The van der Waals surface area contributed by atoms with Crippen molar-refractivity contribution in [3.05, 3.63) is 62.4 Å². The lowest BCUT2D eigenvalue weighted by molar-refractivity contribution is -0.384. The van der Waals surface area contributed by atoms with Crippen LogP contribution < -0.4 is 5.32 Å². The molecule has 0 aliphatic rings. The van der Waals surface area contributed by atoms with Gasteiger partial charge in [0.15, 0.2) is 0 Å². The number of benzene rings is 2. The number of hydrogen-bond acceptors (Lipinski definition) is 4. The average Bonchev–Trinajstić information content (AvgIpc) is 2.41. The number of nitro groups is 1. The molecule has 2 rings (SSSR count). The zero-order valence-corrected chi connectivity index (χ0v) is 11.7. The molecule has 0 saturated heterocycles. The lowest BCUT2D eigenvalue weighted by atomic mass is 10.2. The number of para-hydroxylation sites is 1. The highest BCUT2D eigenvalue weighted by Crippen LogP contribution is 2.31. The van der Waals surface area contributed by atoms with E-state index in [1.54, 1.807) is 18.2 Å². The molecular weight excluding hydrogens is 331 g/mol. The Kier molecular flexibility index (Phi) is 4.19. The Morgan fingerprint density at radius 1 is 1.35 bits per heavy atom. The Bertz CT molecular complexity index is 664. The summed E-state index contributed by atoms with van der Waals surface area (Å²) >= 11 is 2.91. The Morgan fingerprint density at radius 2 is 2.05 bits per heavy atom. The molecule has 20 heavy (non-hydrogen) atoms. The van der Waals surface area contributed by atoms with Gasteiger partial charge in [-0.25, -0.2) is 4.39 Å². The summed E-state index contributed by atoms with van der Waals surface area (Å²) in [5, 5.41) is 23.3. The number of nitro benzene ring substituents is 1. The van der Waals surface area contributed by atoms with Gasteiger partial charge in [-0.2, -0.15) is 0 Å². The number of rotatable bonds is 4. The summed E-state index contributed by atoms with van der Waals surface area (Å²) in [7, 11) is 0. The molecule has 0 spiro atoms. The minimum absolute atomic E-state index is 0.0253. The van der Waals surface area contributed by atoms with Gasteiger partial charge in [-0.3, -0.25) is 10.1 Å². The lowest BCUT2D eigenvalue weighted by Gasteiger charge is -2.09. The molecule has 0 saturated carbocycles. The monoisotopic (exact) mass is 340 g/mol. The molecule has 0 heterocycles. The van der Waals surface area contributed by atoms with Gasteiger partial charge < -0.3 is 10.4 Å². The van der Waals surface area contributed by atoms with Crippen LogP contribution in [0, 0.1) is 15.9 Å². The van der Waals surface area contributed by atoms with Crippen molar-refractivity contribution in [2.45, 2.75) is 6.54 Å². The molecule has 0 aliphatic carbocycles. The van der Waals surface area contributed by atoms with Crippen molar-refractivity contribution < 1.29 is 14.4 Å². The highest BCUT2D eigenvalue weighted by atomic mass is 79.9. The van der Waals surface area contributed by atoms with Gasteiger partial charge in [0.1, 0.15) is 17.3 Å². The third-order valence-electron chi connectivity index (χ3n) is 2.70. The first kappa shape index (κ1) is 14.3. The van der Waals surface area contributed by atoms with E-state index in [0.29, 0.717) is 5.56 Å². The molecule has 5 nitrogen and oxygen atoms in total. The fraction of sp³-hybridized carbons (Fsp3) is 0.0769. The number of hydrogen-bond donors (Lipinski definition) is 2. The van der Waals surface area contributed by atoms with Crippen molar-refractivity contribution >= 4 is 27.3 Å². The van der Waals surface area contributed by atoms with Crippen LogP contribution in [-0.4, -0.2) is 10.0 Å². The second kappa shape index (κ2) is 5.87. The molecule has 2 N–H and O–H groups in total. The summed E-state index contributed by atoms with van der Waals surface area (Å²) in [5.41, 5.74) is 0.373. The van der Waals surface area contributed by atoms with E-state index >= 15 is 0 Å². The molecule has 0 aromatic heterocycles. The zero-order valence-electron chi connectivity index (χ0n) is 10.1. The molecule has 0 unspecified atom stereocenters. The molecule has 2 aromatic carbocycles. The predicted molar refractivity (Wildman–Crippen MR) is 76.2 cm³/mol. The van der Waals surface area contributed by atoms with Crippen LogP contribution in [0.1, 0.15) is 5.56 Å². The number of phenolic OH excluding ortho intramolecular Hbond substituents is 1. The van der Waals surface area contributed by atoms with Crippen LogP contribution in [0.2, 0.25) is 0 Å². The van der Waals surface area contributed by atoms with Crippen LogP contribution in [0.5, 0.6) is 5.75 Å². The number of aromatic hydroxyl groups is 1. The molecule has 0 amide bonds. The third kappa shape index (κ3) is 3.05. The molecule has 0 radical (unpaired) electrons. The number of nitrogens with one attached hydrogen (secondary N) is 1. The molecule has 0 atom stereocenters. The number of phenols is 1. The van der Waals surface area contributed by atoms with E-state index in [0.717, 1.165) is 12.1 Å². The van der Waals surface area contributed by atoms with Crippen molar-refractivity contribution in [2.24, 2.45) is 0 Å². The summed E-state index contributed by atoms with van der Waals surface area (Å²) in [5.74, 6) is -0.532. The summed E-state index contributed by atoms with van der Waals surface area (Å²) in [6.07, 6.45) is 0. The fourth-order valence-electron chi connectivity index (χ4n) is 1.68. The van der Waals surface area contributed by atoms with Crippen molar-refractivity contribution in [2.75, 3.05) is 5.32 Å². The van der Waals surface area contributed by atoms with Gasteiger partial charge in [-0.05, 0) is 22.0 Å². The standard InChI is InChI=1S/C13H10BrFN2O3/c14-9-5-12(17(19)20)11(6-10(9)15)16-7-8-3-1-2-4-13(8)18/h1-6,16,18H,7H2. The minimum atomic E-state index is -0.601. The Morgan fingerprint density at radius 3 is 2.70 bits per heavy atom. The average molecular weight is 341 g/mol. The maximum Gasteiger partial charge on any atom is 0.293 e. The summed E-state index contributed by atoms with van der Waals surface area (Å²) in [4.78, 5) is 10.3. The van der Waals surface area contributed by atoms with Crippen LogP contribution >= 0.6 is 15.9 Å². The topological polar surface area (TPSA) is 75.4 Å². The smallest absolute Gasteiger partial charge is 0.293 e. The number of nitrogens with zero attached hydrogens (tertiary/aromatic N) is 1. The van der Waals surface area contributed by atoms with Crippen molar-refractivity contribution in [3.8, 4) is 5.75 Å². The quantitative estimate of drug-likeness (QED) is 0.655. The highest BCUT2D eigenvalue weighted by molar-refractivity contribution is 9.10. The van der Waals surface area contributed by atoms with Crippen molar-refractivity contribution in [1.82, 2.24) is 0 Å². The van der Waals surface area contributed by atoms with Crippen LogP contribution in [0.3, 0.4) is 0 Å². The second-order valence-electron chi connectivity index (χ2n) is 4.02. The Labute approximate surface area is 122 Å². The summed E-state index contributed by atoms with van der Waals surface area (Å²) in [6.45, 7) is 0.147. The second-order valence-corrected chi connectivity index (χ2v) is 4.88. The van der Waals surface area contributed by atoms with Crippen LogP contribution in [0.4, 0.5) is 15.8 Å². The van der Waals surface area contributed by atoms with Gasteiger partial charge in [0.2, 0.25) is 0 Å². The van der Waals surface area contributed by atoms with Crippen LogP contribution in [-0.2, 0) is 6.54 Å². The summed E-state index contributed by atoms with van der Waals surface area (Å²) in [6, 6.07) is 8.72. The fourth-order valence-corrected chi connectivity index (χ4v) is 2.01. The molecular formula is C13H10BrFN2O3. The zero-order chi connectivity index (χ0) is 14.7. The lowest BCUT2D eigenvalue weighted by Crippen LogP contribution is -2.03. The Hall–Kier alpha value is -2.15. The van der Waals surface area contributed by atoms with Gasteiger partial charge in [0, 0.05) is 24.2 Å². The van der Waals surface area contributed by atoms with Gasteiger partial charge >= 0.3 is 0 Å². The van der Waals surface area contributed by atoms with Gasteiger partial charge in [0.05, 0.1) is 9.40 Å². The summed E-state index contributed by atoms with van der Waals surface area (Å²) < 4.78 is 13.5. The SMILES string of the molecule is O=[N+]([O-])c1cc(Br)c(F)cc1NCc1ccccc1O. The maximum atomic E-state index is 13.5. The minimum Gasteiger partial charge on any atom is -0.508 e. The molecule has 2 aromatic rings. The van der Waals surface area contributed by atoms with Gasteiger partial charge in [0.25, 0.3) is 5.69 Å². The first-order valence-electron chi connectivity index (χ1n) is 5.63. The molecule has 7 heteroatoms. The normalized spacial score (nSPS) is 10.3. The molecule has 0 bridgehead atoms. The van der Waals surface area contributed by atoms with E-state index in [1.165, 1.54) is 6.07 Å². The Balaban J connectivity index is 2.27.